The summed E-state index contributed by atoms with van der Waals surface area (Å²) in [6, 6.07) is 10.1. The van der Waals surface area contributed by atoms with E-state index in [1.54, 1.807) is 30.3 Å². The zero-order valence-corrected chi connectivity index (χ0v) is 18.0. The molecule has 34 heavy (non-hydrogen) atoms. The average molecular weight is 496 g/mol. The molecule has 3 aromatic rings. The maximum Gasteiger partial charge on any atom is 0.352 e. The quantitative estimate of drug-likeness (QED) is 0.329. The fraction of sp³-hybridized carbons (Fsp3) is 0.182. The molecule has 0 spiro atoms. The minimum Gasteiger partial charge on any atom is -0.497 e. The Morgan fingerprint density at radius 3 is 2.50 bits per heavy atom. The van der Waals surface area contributed by atoms with Crippen LogP contribution in [0.3, 0.4) is 0 Å². The predicted octanol–water partition coefficient (Wildman–Crippen LogP) is 4.79. The molecule has 0 aliphatic carbocycles. The summed E-state index contributed by atoms with van der Waals surface area (Å²) in [5.74, 6) is -6.07. The number of hydrogen-bond donors (Lipinski definition) is 0. The Balaban J connectivity index is 2.16. The molecule has 2 aromatic carbocycles. The van der Waals surface area contributed by atoms with Crippen molar-refractivity contribution in [1.82, 2.24) is 9.55 Å². The molecule has 0 aliphatic heterocycles. The summed E-state index contributed by atoms with van der Waals surface area (Å²) in [7, 11) is 1.46. The highest BCUT2D eigenvalue weighted by Gasteiger charge is 2.48. The summed E-state index contributed by atoms with van der Waals surface area (Å²) in [5.41, 5.74) is -2.68. The van der Waals surface area contributed by atoms with Crippen molar-refractivity contribution in [3.05, 3.63) is 80.5 Å². The fourth-order valence-corrected chi connectivity index (χ4v) is 3.09. The fourth-order valence-electron chi connectivity index (χ4n) is 2.90. The second-order valence-electron chi connectivity index (χ2n) is 6.84. The van der Waals surface area contributed by atoms with Gasteiger partial charge < -0.3 is 9.47 Å². The standard InChI is InChI=1S/C22H14ClF4N3O4/c1-33-15-4-2-12(3-5-15)9-30-11-29-19(22(26,27)21(24)25)18(20(30)32)34-16-7-13(10-31)6-14(8-28)17(16)23/h2-7,10-11,21H,9H2,1H3. The molecule has 0 amide bonds. The largest absolute Gasteiger partial charge is 0.497 e. The van der Waals surface area contributed by atoms with E-state index in [4.69, 9.17) is 21.1 Å². The maximum absolute atomic E-state index is 14.3. The molecule has 0 radical (unpaired) electrons. The zero-order chi connectivity index (χ0) is 25.0. The van der Waals surface area contributed by atoms with Crippen LogP contribution in [0.2, 0.25) is 5.02 Å². The van der Waals surface area contributed by atoms with E-state index >= 15 is 0 Å². The highest BCUT2D eigenvalue weighted by molar-refractivity contribution is 6.33. The average Bonchev–Trinajstić information content (AvgIpc) is 2.82. The molecule has 3 rings (SSSR count). The van der Waals surface area contributed by atoms with Gasteiger partial charge in [-0.05, 0) is 29.8 Å². The number of nitriles is 1. The van der Waals surface area contributed by atoms with Gasteiger partial charge in [-0.25, -0.2) is 13.8 Å². The number of carbonyl (C=O) groups is 1. The van der Waals surface area contributed by atoms with Crippen molar-refractivity contribution in [1.29, 1.82) is 5.26 Å². The summed E-state index contributed by atoms with van der Waals surface area (Å²) in [6.07, 6.45) is -3.19. The molecule has 1 heterocycles. The van der Waals surface area contributed by atoms with Gasteiger partial charge in [0.25, 0.3) is 5.56 Å². The van der Waals surface area contributed by atoms with Crippen LogP contribution in [-0.2, 0) is 12.5 Å². The number of ether oxygens (including phenoxy) is 2. The van der Waals surface area contributed by atoms with Gasteiger partial charge in [-0.2, -0.15) is 14.0 Å². The van der Waals surface area contributed by atoms with E-state index in [0.717, 1.165) is 16.7 Å². The molecule has 0 atom stereocenters. The number of methoxy groups -OCH3 is 1. The van der Waals surface area contributed by atoms with Gasteiger partial charge in [0.05, 0.1) is 25.5 Å². The topological polar surface area (TPSA) is 94.2 Å². The van der Waals surface area contributed by atoms with Gasteiger partial charge in [0.2, 0.25) is 5.75 Å². The van der Waals surface area contributed by atoms with Gasteiger partial charge in [0, 0.05) is 5.56 Å². The number of aldehydes is 1. The van der Waals surface area contributed by atoms with Crippen molar-refractivity contribution in [2.24, 2.45) is 0 Å². The Morgan fingerprint density at radius 2 is 1.94 bits per heavy atom. The van der Waals surface area contributed by atoms with E-state index in [1.807, 2.05) is 0 Å². The molecular weight excluding hydrogens is 482 g/mol. The van der Waals surface area contributed by atoms with E-state index in [2.05, 4.69) is 4.98 Å². The first kappa shape index (κ1) is 24.7. The van der Waals surface area contributed by atoms with Crippen molar-refractivity contribution in [2.45, 2.75) is 18.9 Å². The molecule has 0 saturated heterocycles. The summed E-state index contributed by atoms with van der Waals surface area (Å²) >= 11 is 6.03. The van der Waals surface area contributed by atoms with Crippen molar-refractivity contribution >= 4 is 17.9 Å². The van der Waals surface area contributed by atoms with Crippen molar-refractivity contribution in [3.8, 4) is 23.3 Å². The Labute approximate surface area is 194 Å². The highest BCUT2D eigenvalue weighted by Crippen LogP contribution is 2.40. The molecule has 176 valence electrons. The van der Waals surface area contributed by atoms with Crippen LogP contribution in [0, 0.1) is 11.3 Å². The smallest absolute Gasteiger partial charge is 0.352 e. The molecule has 0 fully saturated rings. The number of aromatic nitrogens is 2. The Morgan fingerprint density at radius 1 is 1.26 bits per heavy atom. The molecular formula is C22H14ClF4N3O4. The molecule has 12 heteroatoms. The van der Waals surface area contributed by atoms with Crippen molar-refractivity contribution < 1.29 is 31.8 Å². The van der Waals surface area contributed by atoms with Crippen molar-refractivity contribution in [3.63, 3.8) is 0 Å². The minimum atomic E-state index is -4.85. The number of nitrogens with zero attached hydrogens (tertiary/aromatic N) is 3. The van der Waals surface area contributed by atoms with Crippen LogP contribution in [0.4, 0.5) is 17.6 Å². The number of hydrogen-bond acceptors (Lipinski definition) is 6. The van der Waals surface area contributed by atoms with Crippen LogP contribution in [0.5, 0.6) is 17.2 Å². The normalized spacial score (nSPS) is 11.2. The van der Waals surface area contributed by atoms with Crippen molar-refractivity contribution in [2.75, 3.05) is 7.11 Å². The highest BCUT2D eigenvalue weighted by atomic mass is 35.5. The van der Waals surface area contributed by atoms with Gasteiger partial charge in [0.1, 0.15) is 28.9 Å². The number of benzene rings is 2. The lowest BCUT2D eigenvalue weighted by molar-refractivity contribution is -0.139. The molecule has 0 saturated carbocycles. The van der Waals surface area contributed by atoms with Gasteiger partial charge in [0.15, 0.2) is 5.69 Å². The Kier molecular flexibility index (Phi) is 7.22. The van der Waals surface area contributed by atoms with Crippen LogP contribution in [0.25, 0.3) is 0 Å². The number of carbonyl (C=O) groups excluding carboxylic acids is 1. The van der Waals surface area contributed by atoms with E-state index in [0.29, 0.717) is 23.9 Å². The molecule has 0 unspecified atom stereocenters. The van der Waals surface area contributed by atoms with E-state index in [-0.39, 0.29) is 17.7 Å². The monoisotopic (exact) mass is 495 g/mol. The van der Waals surface area contributed by atoms with Gasteiger partial charge in [-0.3, -0.25) is 14.2 Å². The lowest BCUT2D eigenvalue weighted by atomic mass is 10.1. The first-order valence-corrected chi connectivity index (χ1v) is 9.75. The third-order valence-electron chi connectivity index (χ3n) is 4.63. The third-order valence-corrected chi connectivity index (χ3v) is 5.02. The molecule has 0 aliphatic rings. The van der Waals surface area contributed by atoms with Gasteiger partial charge in [-0.15, -0.1) is 0 Å². The van der Waals surface area contributed by atoms with E-state index < -0.39 is 40.1 Å². The Bertz CT molecular complexity index is 1320. The first-order valence-electron chi connectivity index (χ1n) is 9.37. The summed E-state index contributed by atoms with van der Waals surface area (Å²) < 4.78 is 65.9. The summed E-state index contributed by atoms with van der Waals surface area (Å²) in [6.45, 7) is -0.168. The second kappa shape index (κ2) is 9.93. The minimum absolute atomic E-state index is 0.124. The van der Waals surface area contributed by atoms with Gasteiger partial charge >= 0.3 is 12.3 Å². The molecule has 0 N–H and O–H groups in total. The molecule has 7 nitrogen and oxygen atoms in total. The third kappa shape index (κ3) is 4.87. The lowest BCUT2D eigenvalue weighted by Gasteiger charge is -2.19. The van der Waals surface area contributed by atoms with E-state index in [1.165, 1.54) is 7.11 Å². The van der Waals surface area contributed by atoms with Crippen LogP contribution in [0.15, 0.2) is 47.5 Å². The van der Waals surface area contributed by atoms with Crippen LogP contribution in [-0.4, -0.2) is 29.4 Å². The lowest BCUT2D eigenvalue weighted by Crippen LogP contribution is -2.31. The van der Waals surface area contributed by atoms with Crippen LogP contribution in [0.1, 0.15) is 27.2 Å². The second-order valence-corrected chi connectivity index (χ2v) is 7.22. The number of rotatable bonds is 8. The van der Waals surface area contributed by atoms with Gasteiger partial charge in [-0.1, -0.05) is 23.7 Å². The number of alkyl halides is 4. The number of halogens is 5. The summed E-state index contributed by atoms with van der Waals surface area (Å²) in [5, 5.41) is 8.76. The zero-order valence-electron chi connectivity index (χ0n) is 17.3. The Hall–Kier alpha value is -3.91. The van der Waals surface area contributed by atoms with Crippen LogP contribution < -0.4 is 15.0 Å². The molecule has 1 aromatic heterocycles. The summed E-state index contributed by atoms with van der Waals surface area (Å²) in [4.78, 5) is 27.6. The molecule has 0 bridgehead atoms. The van der Waals surface area contributed by atoms with E-state index in [9.17, 15) is 32.4 Å². The first-order chi connectivity index (χ1) is 16.1. The van der Waals surface area contributed by atoms with Crippen LogP contribution >= 0.6 is 11.6 Å². The maximum atomic E-state index is 14.3. The predicted molar refractivity (Wildman–Crippen MR) is 112 cm³/mol. The SMILES string of the molecule is COc1ccc(Cn2cnc(C(F)(F)C(F)F)c(Oc3cc(C=O)cc(C#N)c3Cl)c2=O)cc1.